The summed E-state index contributed by atoms with van der Waals surface area (Å²) in [5.74, 6) is 3.14. The summed E-state index contributed by atoms with van der Waals surface area (Å²) in [6, 6.07) is 14.2. The highest BCUT2D eigenvalue weighted by atomic mass is 35.5. The third-order valence-corrected chi connectivity index (χ3v) is 4.45. The van der Waals surface area contributed by atoms with Crippen LogP contribution in [0.15, 0.2) is 42.5 Å². The van der Waals surface area contributed by atoms with Gasteiger partial charge in [-0.1, -0.05) is 18.2 Å². The van der Waals surface area contributed by atoms with Crippen LogP contribution < -0.4 is 24.3 Å². The zero-order chi connectivity index (χ0) is 16.1. The molecular weight excluding hydrogens is 342 g/mol. The van der Waals surface area contributed by atoms with E-state index in [0.29, 0.717) is 0 Å². The van der Waals surface area contributed by atoms with Crippen molar-refractivity contribution in [3.8, 4) is 34.1 Å². The molecule has 1 N–H and O–H groups in total. The number of ether oxygens (including phenoxy) is 4. The van der Waals surface area contributed by atoms with E-state index in [-0.39, 0.29) is 26.0 Å². The van der Waals surface area contributed by atoms with Gasteiger partial charge >= 0.3 is 0 Å². The molecule has 0 saturated heterocycles. The number of anilines is 1. The molecule has 25 heavy (non-hydrogen) atoms. The number of rotatable bonds is 2. The van der Waals surface area contributed by atoms with Gasteiger partial charge in [-0.2, -0.15) is 0 Å². The Morgan fingerprint density at radius 3 is 2.20 bits per heavy atom. The number of benzene rings is 3. The Kier molecular flexibility index (Phi) is 3.73. The van der Waals surface area contributed by atoms with E-state index in [1.165, 1.54) is 0 Å². The van der Waals surface area contributed by atoms with Crippen molar-refractivity contribution in [1.29, 1.82) is 0 Å². The molecule has 0 radical (unpaired) electrons. The van der Waals surface area contributed by atoms with Gasteiger partial charge in [-0.25, -0.2) is 0 Å². The molecule has 3 aromatic rings. The average molecular weight is 358 g/mol. The van der Waals surface area contributed by atoms with E-state index < -0.39 is 0 Å². The average Bonchev–Trinajstić information content (AvgIpc) is 3.26. The fraction of sp³-hybridized carbons (Fsp3) is 0.158. The van der Waals surface area contributed by atoms with Crippen molar-refractivity contribution in [2.24, 2.45) is 0 Å². The summed E-state index contributed by atoms with van der Waals surface area (Å²) in [5.41, 5.74) is 3.22. The van der Waals surface area contributed by atoms with Gasteiger partial charge < -0.3 is 24.3 Å². The molecule has 0 atom stereocenters. The summed E-state index contributed by atoms with van der Waals surface area (Å²) in [7, 11) is 1.93. The summed E-state index contributed by atoms with van der Waals surface area (Å²) in [5, 5.41) is 5.53. The Hall–Kier alpha value is -2.79. The first-order chi connectivity index (χ1) is 11.8. The summed E-state index contributed by atoms with van der Waals surface area (Å²) in [6.45, 7) is 0.550. The van der Waals surface area contributed by atoms with Gasteiger partial charge in [0.05, 0.1) is 0 Å². The van der Waals surface area contributed by atoms with Crippen LogP contribution in [-0.2, 0) is 0 Å². The normalized spacial score (nSPS) is 13.6. The summed E-state index contributed by atoms with van der Waals surface area (Å²) < 4.78 is 21.9. The molecule has 0 aliphatic carbocycles. The topological polar surface area (TPSA) is 49.0 Å². The number of halogens is 1. The van der Waals surface area contributed by atoms with E-state index in [2.05, 4.69) is 17.4 Å². The molecule has 0 unspecified atom stereocenters. The quantitative estimate of drug-likeness (QED) is 0.735. The number of hydrogen-bond acceptors (Lipinski definition) is 5. The van der Waals surface area contributed by atoms with Crippen molar-refractivity contribution in [2.75, 3.05) is 26.0 Å². The molecule has 0 bridgehead atoms. The molecule has 3 aromatic carbocycles. The molecule has 2 heterocycles. The van der Waals surface area contributed by atoms with Gasteiger partial charge in [-0.05, 0) is 35.2 Å². The monoisotopic (exact) mass is 357 g/mol. The first kappa shape index (κ1) is 15.7. The third kappa shape index (κ3) is 2.39. The molecule has 0 amide bonds. The van der Waals surface area contributed by atoms with E-state index in [1.807, 2.05) is 37.4 Å². The molecule has 0 aromatic heterocycles. The molecule has 2 aliphatic rings. The van der Waals surface area contributed by atoms with Crippen molar-refractivity contribution in [3.05, 3.63) is 42.5 Å². The summed E-state index contributed by atoms with van der Waals surface area (Å²) in [4.78, 5) is 0. The SMILES string of the molecule is CNc1c(-c2ccc3c(c2)OCO3)ccc2cc3c(cc12)OCO3.Cl. The molecule has 128 valence electrons. The number of fused-ring (bicyclic) bond motifs is 3. The van der Waals surface area contributed by atoms with Crippen LogP contribution in [0.2, 0.25) is 0 Å². The Bertz CT molecular complexity index is 973. The Balaban J connectivity index is 0.00000157. The van der Waals surface area contributed by atoms with Gasteiger partial charge in [0, 0.05) is 23.7 Å². The van der Waals surface area contributed by atoms with Crippen molar-refractivity contribution in [2.45, 2.75) is 0 Å². The first-order valence-electron chi connectivity index (χ1n) is 7.77. The van der Waals surface area contributed by atoms with Crippen LogP contribution in [0.25, 0.3) is 21.9 Å². The highest BCUT2D eigenvalue weighted by molar-refractivity contribution is 6.03. The Labute approximate surface area is 150 Å². The predicted octanol–water partition coefficient (Wildman–Crippen LogP) is 4.43. The highest BCUT2D eigenvalue weighted by Crippen LogP contribution is 2.43. The third-order valence-electron chi connectivity index (χ3n) is 4.45. The van der Waals surface area contributed by atoms with E-state index >= 15 is 0 Å². The minimum atomic E-state index is 0. The van der Waals surface area contributed by atoms with Crippen LogP contribution in [0.1, 0.15) is 0 Å². The van der Waals surface area contributed by atoms with Crippen molar-refractivity contribution < 1.29 is 18.9 Å². The second kappa shape index (κ2) is 5.93. The second-order valence-corrected chi connectivity index (χ2v) is 5.73. The van der Waals surface area contributed by atoms with Crippen LogP contribution in [0, 0.1) is 0 Å². The zero-order valence-corrected chi connectivity index (χ0v) is 14.3. The van der Waals surface area contributed by atoms with Gasteiger partial charge in [-0.3, -0.25) is 0 Å². The standard InChI is InChI=1S/C19H15NO4.ClH/c1-20-19-13(11-3-5-15-16(6-11)22-9-21-15)4-2-12-7-17-18(8-14(12)19)24-10-23-17;/h2-8,20H,9-10H2,1H3;1H. The molecule has 2 aliphatic heterocycles. The summed E-state index contributed by atoms with van der Waals surface area (Å²) in [6.07, 6.45) is 0. The van der Waals surface area contributed by atoms with E-state index in [4.69, 9.17) is 18.9 Å². The second-order valence-electron chi connectivity index (χ2n) is 5.73. The number of hydrogen-bond donors (Lipinski definition) is 1. The van der Waals surface area contributed by atoms with Crippen molar-refractivity contribution in [1.82, 2.24) is 0 Å². The van der Waals surface area contributed by atoms with Gasteiger partial charge in [-0.15, -0.1) is 12.4 Å². The van der Waals surface area contributed by atoms with E-state index in [0.717, 1.165) is 50.6 Å². The lowest BCUT2D eigenvalue weighted by Crippen LogP contribution is -1.94. The molecule has 0 spiro atoms. The largest absolute Gasteiger partial charge is 0.454 e. The molecular formula is C19H16ClNO4. The zero-order valence-electron chi connectivity index (χ0n) is 13.5. The van der Waals surface area contributed by atoms with Crippen molar-refractivity contribution >= 4 is 28.9 Å². The highest BCUT2D eigenvalue weighted by Gasteiger charge is 2.19. The predicted molar refractivity (Wildman–Crippen MR) is 98.4 cm³/mol. The maximum atomic E-state index is 5.53. The minimum absolute atomic E-state index is 0. The lowest BCUT2D eigenvalue weighted by atomic mass is 9.97. The molecule has 5 nitrogen and oxygen atoms in total. The van der Waals surface area contributed by atoms with Crippen molar-refractivity contribution in [3.63, 3.8) is 0 Å². The smallest absolute Gasteiger partial charge is 0.231 e. The molecule has 6 heteroatoms. The van der Waals surface area contributed by atoms with Crippen LogP contribution in [0.3, 0.4) is 0 Å². The van der Waals surface area contributed by atoms with E-state index in [9.17, 15) is 0 Å². The maximum absolute atomic E-state index is 5.53. The maximum Gasteiger partial charge on any atom is 0.231 e. The van der Waals surface area contributed by atoms with Crippen LogP contribution in [0.5, 0.6) is 23.0 Å². The van der Waals surface area contributed by atoms with Crippen LogP contribution in [0.4, 0.5) is 5.69 Å². The van der Waals surface area contributed by atoms with Crippen LogP contribution in [-0.4, -0.2) is 20.6 Å². The van der Waals surface area contributed by atoms with Gasteiger partial charge in [0.15, 0.2) is 23.0 Å². The van der Waals surface area contributed by atoms with Gasteiger partial charge in [0.1, 0.15) is 0 Å². The first-order valence-corrected chi connectivity index (χ1v) is 7.77. The Morgan fingerprint density at radius 2 is 1.44 bits per heavy atom. The summed E-state index contributed by atoms with van der Waals surface area (Å²) >= 11 is 0. The lowest BCUT2D eigenvalue weighted by molar-refractivity contribution is 0.173. The fourth-order valence-electron chi connectivity index (χ4n) is 3.29. The van der Waals surface area contributed by atoms with Gasteiger partial charge in [0.2, 0.25) is 13.6 Å². The van der Waals surface area contributed by atoms with Gasteiger partial charge in [0.25, 0.3) is 0 Å². The fourth-order valence-corrected chi connectivity index (χ4v) is 3.29. The minimum Gasteiger partial charge on any atom is -0.454 e. The van der Waals surface area contributed by atoms with E-state index in [1.54, 1.807) is 0 Å². The number of nitrogens with one attached hydrogen (secondary N) is 1. The molecule has 0 fully saturated rings. The molecule has 5 rings (SSSR count). The Morgan fingerprint density at radius 1 is 0.760 bits per heavy atom. The molecule has 0 saturated carbocycles. The van der Waals surface area contributed by atoms with Crippen LogP contribution >= 0.6 is 12.4 Å². The lowest BCUT2D eigenvalue weighted by Gasteiger charge is -2.14.